The number of nitrogens with two attached hydrogens (primary N) is 1. The van der Waals surface area contributed by atoms with E-state index in [1.165, 1.54) is 24.1 Å². The molecule has 0 aromatic heterocycles. The Balaban J connectivity index is 2.24. The highest BCUT2D eigenvalue weighted by atomic mass is 16.6. The Kier molecular flexibility index (Phi) is 4.50. The summed E-state index contributed by atoms with van der Waals surface area (Å²) in [7, 11) is 1.40. The van der Waals surface area contributed by atoms with Crippen LogP contribution < -0.4 is 5.73 Å². The van der Waals surface area contributed by atoms with Crippen molar-refractivity contribution in [2.24, 2.45) is 5.41 Å². The van der Waals surface area contributed by atoms with Gasteiger partial charge >= 0.3 is 5.97 Å². The SMILES string of the molecule is COCC1(C(=O)O)CCN(C(=O)c2ccc(N)c([N+](=O)[O-])c2)C1. The highest BCUT2D eigenvalue weighted by Gasteiger charge is 2.46. The van der Waals surface area contributed by atoms with Gasteiger partial charge in [-0.15, -0.1) is 0 Å². The molecule has 0 radical (unpaired) electrons. The molecule has 0 saturated carbocycles. The Morgan fingerprint density at radius 1 is 1.52 bits per heavy atom. The molecule has 1 aliphatic rings. The minimum Gasteiger partial charge on any atom is -0.481 e. The molecule has 3 N–H and O–H groups in total. The molecule has 2 rings (SSSR count). The number of carboxylic acid groups (broad SMARTS) is 1. The summed E-state index contributed by atoms with van der Waals surface area (Å²) in [4.78, 5) is 35.6. The summed E-state index contributed by atoms with van der Waals surface area (Å²) in [5, 5.41) is 20.3. The van der Waals surface area contributed by atoms with Crippen LogP contribution in [-0.2, 0) is 9.53 Å². The van der Waals surface area contributed by atoms with Crippen molar-refractivity contribution in [3.63, 3.8) is 0 Å². The Morgan fingerprint density at radius 3 is 2.78 bits per heavy atom. The van der Waals surface area contributed by atoms with Crippen LogP contribution in [0.1, 0.15) is 16.8 Å². The number of nitrogen functional groups attached to an aromatic ring is 1. The molecule has 0 bridgehead atoms. The second-order valence-electron chi connectivity index (χ2n) is 5.53. The van der Waals surface area contributed by atoms with Crippen LogP contribution in [0.4, 0.5) is 11.4 Å². The standard InChI is InChI=1S/C14H17N3O6/c1-23-8-14(13(19)20)4-5-16(7-14)12(18)9-2-3-10(15)11(6-9)17(21)22/h2-3,6H,4-5,7-8,15H2,1H3,(H,19,20). The first kappa shape index (κ1) is 16.7. The van der Waals surface area contributed by atoms with Gasteiger partial charge in [-0.3, -0.25) is 19.7 Å². The number of amides is 1. The molecule has 23 heavy (non-hydrogen) atoms. The van der Waals surface area contributed by atoms with Gasteiger partial charge in [0.05, 0.1) is 11.5 Å². The molecule has 1 atom stereocenters. The number of ether oxygens (including phenoxy) is 1. The number of carboxylic acids is 1. The number of hydrogen-bond acceptors (Lipinski definition) is 6. The maximum atomic E-state index is 12.5. The topological polar surface area (TPSA) is 136 Å². The van der Waals surface area contributed by atoms with Crippen LogP contribution >= 0.6 is 0 Å². The Bertz CT molecular complexity index is 662. The van der Waals surface area contributed by atoms with Crippen molar-refractivity contribution >= 4 is 23.3 Å². The number of benzene rings is 1. The number of nitro benzene ring substituents is 1. The third kappa shape index (κ3) is 3.09. The minimum atomic E-state index is -1.15. The van der Waals surface area contributed by atoms with Crippen LogP contribution in [0.5, 0.6) is 0 Å². The van der Waals surface area contributed by atoms with Gasteiger partial charge in [0, 0.05) is 31.8 Å². The number of nitrogens with zero attached hydrogens (tertiary/aromatic N) is 2. The van der Waals surface area contributed by atoms with Crippen LogP contribution in [0.3, 0.4) is 0 Å². The van der Waals surface area contributed by atoms with Gasteiger partial charge in [-0.05, 0) is 18.6 Å². The largest absolute Gasteiger partial charge is 0.481 e. The summed E-state index contributed by atoms with van der Waals surface area (Å²) in [6.07, 6.45) is 0.263. The van der Waals surface area contributed by atoms with E-state index in [9.17, 15) is 24.8 Å². The number of hydrogen-bond donors (Lipinski definition) is 2. The highest BCUT2D eigenvalue weighted by molar-refractivity contribution is 5.96. The van der Waals surface area contributed by atoms with Crippen molar-refractivity contribution in [1.29, 1.82) is 0 Å². The predicted octanol–water partition coefficient (Wildman–Crippen LogP) is 0.740. The van der Waals surface area contributed by atoms with E-state index in [4.69, 9.17) is 10.5 Å². The van der Waals surface area contributed by atoms with Gasteiger partial charge in [0.2, 0.25) is 0 Å². The normalized spacial score (nSPS) is 20.5. The maximum absolute atomic E-state index is 12.5. The zero-order chi connectivity index (χ0) is 17.2. The first-order valence-corrected chi connectivity index (χ1v) is 6.86. The van der Waals surface area contributed by atoms with Crippen molar-refractivity contribution in [2.75, 3.05) is 32.5 Å². The van der Waals surface area contributed by atoms with E-state index in [-0.39, 0.29) is 43.1 Å². The molecule has 9 nitrogen and oxygen atoms in total. The monoisotopic (exact) mass is 323 g/mol. The number of rotatable bonds is 5. The lowest BCUT2D eigenvalue weighted by Crippen LogP contribution is -2.40. The van der Waals surface area contributed by atoms with Crippen LogP contribution in [0.15, 0.2) is 18.2 Å². The Hall–Kier alpha value is -2.68. The predicted molar refractivity (Wildman–Crippen MR) is 80.0 cm³/mol. The lowest BCUT2D eigenvalue weighted by atomic mass is 9.88. The Morgan fingerprint density at radius 2 is 2.22 bits per heavy atom. The number of methoxy groups -OCH3 is 1. The lowest BCUT2D eigenvalue weighted by Gasteiger charge is -2.23. The maximum Gasteiger partial charge on any atom is 0.313 e. The quantitative estimate of drug-likeness (QED) is 0.463. The van der Waals surface area contributed by atoms with Crippen molar-refractivity contribution in [2.45, 2.75) is 6.42 Å². The van der Waals surface area contributed by atoms with Gasteiger partial charge in [0.1, 0.15) is 11.1 Å². The number of aliphatic carboxylic acids is 1. The van der Waals surface area contributed by atoms with Gasteiger partial charge in [0.25, 0.3) is 11.6 Å². The van der Waals surface area contributed by atoms with E-state index in [0.717, 1.165) is 6.07 Å². The fourth-order valence-corrected chi connectivity index (χ4v) is 2.69. The van der Waals surface area contributed by atoms with Crippen LogP contribution in [-0.4, -0.2) is 53.6 Å². The van der Waals surface area contributed by atoms with E-state index >= 15 is 0 Å². The third-order valence-corrected chi connectivity index (χ3v) is 3.99. The summed E-state index contributed by atoms with van der Waals surface area (Å²) >= 11 is 0. The average molecular weight is 323 g/mol. The van der Waals surface area contributed by atoms with Gasteiger partial charge in [-0.1, -0.05) is 0 Å². The molecular formula is C14H17N3O6. The second kappa shape index (κ2) is 6.21. The molecule has 124 valence electrons. The minimum absolute atomic E-state index is 0.00595. The lowest BCUT2D eigenvalue weighted by molar-refractivity contribution is -0.383. The van der Waals surface area contributed by atoms with Crippen LogP contribution in [0.25, 0.3) is 0 Å². The molecule has 1 aliphatic heterocycles. The molecule has 9 heteroatoms. The zero-order valence-electron chi connectivity index (χ0n) is 12.5. The molecule has 1 heterocycles. The summed E-state index contributed by atoms with van der Waals surface area (Å²) in [6.45, 7) is 0.230. The fraction of sp³-hybridized carbons (Fsp3) is 0.429. The number of anilines is 1. The number of carbonyl (C=O) groups excluding carboxylic acids is 1. The van der Waals surface area contributed by atoms with Gasteiger partial charge in [-0.25, -0.2) is 0 Å². The van der Waals surface area contributed by atoms with E-state index in [0.29, 0.717) is 0 Å². The van der Waals surface area contributed by atoms with Crippen molar-refractivity contribution in [3.05, 3.63) is 33.9 Å². The van der Waals surface area contributed by atoms with Crippen molar-refractivity contribution in [3.8, 4) is 0 Å². The summed E-state index contributed by atoms with van der Waals surface area (Å²) < 4.78 is 4.97. The molecule has 1 aromatic carbocycles. The van der Waals surface area contributed by atoms with Gasteiger partial charge in [0.15, 0.2) is 0 Å². The van der Waals surface area contributed by atoms with Crippen LogP contribution in [0, 0.1) is 15.5 Å². The smallest absolute Gasteiger partial charge is 0.313 e. The highest BCUT2D eigenvalue weighted by Crippen LogP contribution is 2.33. The fourth-order valence-electron chi connectivity index (χ4n) is 2.69. The molecule has 1 amide bonds. The molecule has 1 aromatic rings. The van der Waals surface area contributed by atoms with E-state index in [2.05, 4.69) is 0 Å². The summed E-state index contributed by atoms with van der Waals surface area (Å²) in [5.74, 6) is -1.50. The zero-order valence-corrected chi connectivity index (χ0v) is 12.5. The number of nitro groups is 1. The van der Waals surface area contributed by atoms with E-state index in [1.807, 2.05) is 0 Å². The summed E-state index contributed by atoms with van der Waals surface area (Å²) in [5.41, 5.74) is 4.07. The average Bonchev–Trinajstić information content (AvgIpc) is 2.93. The molecule has 1 unspecified atom stereocenters. The molecule has 0 spiro atoms. The molecular weight excluding hydrogens is 306 g/mol. The van der Waals surface area contributed by atoms with E-state index in [1.54, 1.807) is 0 Å². The molecule has 1 saturated heterocycles. The second-order valence-corrected chi connectivity index (χ2v) is 5.53. The van der Waals surface area contributed by atoms with Crippen molar-refractivity contribution < 1.29 is 24.4 Å². The number of likely N-dealkylation sites (tertiary alicyclic amines) is 1. The van der Waals surface area contributed by atoms with Gasteiger partial charge < -0.3 is 20.5 Å². The van der Waals surface area contributed by atoms with E-state index < -0.39 is 22.2 Å². The third-order valence-electron chi connectivity index (χ3n) is 3.99. The first-order valence-electron chi connectivity index (χ1n) is 6.86. The van der Waals surface area contributed by atoms with Gasteiger partial charge in [-0.2, -0.15) is 0 Å². The summed E-state index contributed by atoms with van der Waals surface area (Å²) in [6, 6.07) is 3.79. The van der Waals surface area contributed by atoms with Crippen molar-refractivity contribution in [1.82, 2.24) is 4.90 Å². The first-order chi connectivity index (χ1) is 10.8. The Labute approximate surface area is 131 Å². The molecule has 0 aliphatic carbocycles. The molecule has 1 fully saturated rings. The van der Waals surface area contributed by atoms with Crippen LogP contribution in [0.2, 0.25) is 0 Å². The number of carbonyl (C=O) groups is 2.